The van der Waals surface area contributed by atoms with Crippen molar-refractivity contribution >= 4 is 9.84 Å². The topological polar surface area (TPSA) is 70.8 Å². The number of sulfone groups is 1. The summed E-state index contributed by atoms with van der Waals surface area (Å²) in [5.74, 6) is 0.249. The standard InChI is InChI=1S/C11H12N2O2S/c12-7-9-4-5-10(13-8-9)11-3-1-2-6-16(11,14)15/h4-5,8,11H,1-3,6H2. The van der Waals surface area contributed by atoms with Crippen molar-refractivity contribution in [3.05, 3.63) is 29.6 Å². The van der Waals surface area contributed by atoms with Crippen LogP contribution in [0.3, 0.4) is 0 Å². The fourth-order valence-corrected chi connectivity index (χ4v) is 3.87. The second kappa shape index (κ2) is 4.22. The summed E-state index contributed by atoms with van der Waals surface area (Å²) < 4.78 is 23.7. The predicted molar refractivity (Wildman–Crippen MR) is 59.3 cm³/mol. The van der Waals surface area contributed by atoms with Crippen molar-refractivity contribution in [2.75, 3.05) is 5.75 Å². The lowest BCUT2D eigenvalue weighted by atomic mass is 10.1. The van der Waals surface area contributed by atoms with Crippen molar-refractivity contribution in [2.45, 2.75) is 24.5 Å². The molecule has 0 saturated carbocycles. The van der Waals surface area contributed by atoms with E-state index >= 15 is 0 Å². The Morgan fingerprint density at radius 3 is 2.75 bits per heavy atom. The van der Waals surface area contributed by atoms with Gasteiger partial charge in [-0.3, -0.25) is 4.98 Å². The molecule has 2 rings (SSSR count). The third-order valence-electron chi connectivity index (χ3n) is 2.82. The van der Waals surface area contributed by atoms with E-state index in [1.165, 1.54) is 6.20 Å². The molecule has 1 aliphatic heterocycles. The number of nitrogens with zero attached hydrogens (tertiary/aromatic N) is 2. The number of aromatic nitrogens is 1. The molecule has 1 fully saturated rings. The van der Waals surface area contributed by atoms with E-state index < -0.39 is 15.1 Å². The summed E-state index contributed by atoms with van der Waals surface area (Å²) in [5.41, 5.74) is 1.02. The molecule has 0 amide bonds. The van der Waals surface area contributed by atoms with Crippen LogP contribution in [-0.4, -0.2) is 19.2 Å². The van der Waals surface area contributed by atoms with E-state index in [1.807, 2.05) is 6.07 Å². The van der Waals surface area contributed by atoms with Crippen LogP contribution in [-0.2, 0) is 9.84 Å². The highest BCUT2D eigenvalue weighted by molar-refractivity contribution is 7.91. The van der Waals surface area contributed by atoms with Gasteiger partial charge in [0.25, 0.3) is 0 Å². The molecule has 1 aromatic rings. The summed E-state index contributed by atoms with van der Waals surface area (Å²) in [6, 6.07) is 5.23. The van der Waals surface area contributed by atoms with E-state index in [0.717, 1.165) is 12.8 Å². The number of nitriles is 1. The molecule has 4 nitrogen and oxygen atoms in total. The first kappa shape index (κ1) is 11.1. The quantitative estimate of drug-likeness (QED) is 0.742. The molecule has 1 aliphatic rings. The highest BCUT2D eigenvalue weighted by Gasteiger charge is 2.30. The zero-order chi connectivity index (χ0) is 11.6. The summed E-state index contributed by atoms with van der Waals surface area (Å²) in [5, 5.41) is 8.16. The number of hydrogen-bond donors (Lipinski definition) is 0. The van der Waals surface area contributed by atoms with E-state index in [9.17, 15) is 8.42 Å². The molecule has 84 valence electrons. The lowest BCUT2D eigenvalue weighted by Gasteiger charge is -2.21. The minimum absolute atomic E-state index is 0.249. The summed E-state index contributed by atoms with van der Waals surface area (Å²) in [7, 11) is -3.04. The maximum absolute atomic E-state index is 11.8. The van der Waals surface area contributed by atoms with Crippen molar-refractivity contribution in [2.24, 2.45) is 0 Å². The smallest absolute Gasteiger partial charge is 0.158 e. The van der Waals surface area contributed by atoms with Crippen molar-refractivity contribution in [3.8, 4) is 6.07 Å². The van der Waals surface area contributed by atoms with Gasteiger partial charge >= 0.3 is 0 Å². The third kappa shape index (κ3) is 2.07. The Morgan fingerprint density at radius 2 is 2.19 bits per heavy atom. The van der Waals surface area contributed by atoms with Crippen molar-refractivity contribution in [1.82, 2.24) is 4.98 Å². The first-order valence-electron chi connectivity index (χ1n) is 5.21. The van der Waals surface area contributed by atoms with Gasteiger partial charge in [-0.25, -0.2) is 8.42 Å². The van der Waals surface area contributed by atoms with Gasteiger partial charge in [0, 0.05) is 6.20 Å². The molecule has 0 radical (unpaired) electrons. The van der Waals surface area contributed by atoms with Crippen LogP contribution in [0.5, 0.6) is 0 Å². The molecular weight excluding hydrogens is 224 g/mol. The zero-order valence-corrected chi connectivity index (χ0v) is 9.57. The van der Waals surface area contributed by atoms with Crippen LogP contribution >= 0.6 is 0 Å². The fourth-order valence-electron chi connectivity index (χ4n) is 1.95. The van der Waals surface area contributed by atoms with Crippen LogP contribution in [0.4, 0.5) is 0 Å². The van der Waals surface area contributed by atoms with E-state index in [-0.39, 0.29) is 5.75 Å². The molecule has 1 aromatic heterocycles. The van der Waals surface area contributed by atoms with Gasteiger partial charge in [-0.15, -0.1) is 0 Å². The molecule has 0 N–H and O–H groups in total. The molecule has 0 bridgehead atoms. The van der Waals surface area contributed by atoms with Crippen molar-refractivity contribution < 1.29 is 8.42 Å². The molecule has 0 aromatic carbocycles. The minimum atomic E-state index is -3.04. The van der Waals surface area contributed by atoms with Crippen molar-refractivity contribution in [3.63, 3.8) is 0 Å². The minimum Gasteiger partial charge on any atom is -0.259 e. The Balaban J connectivity index is 2.33. The molecule has 1 saturated heterocycles. The van der Waals surface area contributed by atoms with Gasteiger partial charge in [-0.1, -0.05) is 6.42 Å². The number of pyridine rings is 1. The molecule has 0 spiro atoms. The molecule has 16 heavy (non-hydrogen) atoms. The average Bonchev–Trinajstić information content (AvgIpc) is 2.29. The second-order valence-corrected chi connectivity index (χ2v) is 6.24. The zero-order valence-electron chi connectivity index (χ0n) is 8.76. The first-order valence-corrected chi connectivity index (χ1v) is 6.92. The van der Waals surface area contributed by atoms with Gasteiger partial charge < -0.3 is 0 Å². The van der Waals surface area contributed by atoms with Crippen LogP contribution in [0.15, 0.2) is 18.3 Å². The summed E-state index contributed by atoms with van der Waals surface area (Å²) in [4.78, 5) is 4.07. The van der Waals surface area contributed by atoms with E-state index in [1.54, 1.807) is 12.1 Å². The summed E-state index contributed by atoms with van der Waals surface area (Å²) >= 11 is 0. The predicted octanol–water partition coefficient (Wildman–Crippen LogP) is 1.59. The molecule has 1 atom stereocenters. The van der Waals surface area contributed by atoms with Gasteiger partial charge in [0.15, 0.2) is 9.84 Å². The fraction of sp³-hybridized carbons (Fsp3) is 0.455. The molecule has 5 heteroatoms. The Morgan fingerprint density at radius 1 is 1.38 bits per heavy atom. The monoisotopic (exact) mass is 236 g/mol. The van der Waals surface area contributed by atoms with Gasteiger partial charge in [-0.05, 0) is 25.0 Å². The maximum Gasteiger partial charge on any atom is 0.158 e. The molecule has 1 unspecified atom stereocenters. The highest BCUT2D eigenvalue weighted by Crippen LogP contribution is 2.31. The maximum atomic E-state index is 11.8. The second-order valence-electron chi connectivity index (χ2n) is 3.93. The number of hydrogen-bond acceptors (Lipinski definition) is 4. The largest absolute Gasteiger partial charge is 0.259 e. The lowest BCUT2D eigenvalue weighted by Crippen LogP contribution is -2.22. The van der Waals surface area contributed by atoms with Gasteiger partial charge in [0.2, 0.25) is 0 Å². The first-order chi connectivity index (χ1) is 7.63. The Bertz CT molecular complexity index is 514. The van der Waals surface area contributed by atoms with E-state index in [0.29, 0.717) is 17.7 Å². The normalized spacial score (nSPS) is 23.6. The van der Waals surface area contributed by atoms with Crippen LogP contribution < -0.4 is 0 Å². The molecule has 0 aliphatic carbocycles. The third-order valence-corrected chi connectivity index (χ3v) is 5.03. The Kier molecular flexibility index (Phi) is 2.92. The van der Waals surface area contributed by atoms with E-state index in [4.69, 9.17) is 5.26 Å². The molecule has 2 heterocycles. The van der Waals surface area contributed by atoms with Gasteiger partial charge in [-0.2, -0.15) is 5.26 Å². The molecular formula is C11H12N2O2S. The highest BCUT2D eigenvalue weighted by atomic mass is 32.2. The lowest BCUT2D eigenvalue weighted by molar-refractivity contribution is 0.542. The van der Waals surface area contributed by atoms with Gasteiger partial charge in [0.05, 0.1) is 17.0 Å². The number of rotatable bonds is 1. The van der Waals surface area contributed by atoms with Crippen LogP contribution in [0, 0.1) is 11.3 Å². The Hall–Kier alpha value is -1.41. The summed E-state index contributed by atoms with van der Waals surface area (Å²) in [6.07, 6.45) is 3.74. The van der Waals surface area contributed by atoms with Crippen molar-refractivity contribution in [1.29, 1.82) is 5.26 Å². The van der Waals surface area contributed by atoms with Crippen LogP contribution in [0.1, 0.15) is 35.8 Å². The van der Waals surface area contributed by atoms with E-state index in [2.05, 4.69) is 4.98 Å². The average molecular weight is 236 g/mol. The van der Waals surface area contributed by atoms with Crippen LogP contribution in [0.25, 0.3) is 0 Å². The Labute approximate surface area is 94.9 Å². The SMILES string of the molecule is N#Cc1ccc(C2CCCCS2(=O)=O)nc1. The van der Waals surface area contributed by atoms with Crippen LogP contribution in [0.2, 0.25) is 0 Å². The summed E-state index contributed by atoms with van der Waals surface area (Å²) in [6.45, 7) is 0. The van der Waals surface area contributed by atoms with Gasteiger partial charge in [0.1, 0.15) is 11.3 Å².